The number of benzene rings is 1. The van der Waals surface area contributed by atoms with Crippen molar-refractivity contribution in [2.45, 2.75) is 26.4 Å². The van der Waals surface area contributed by atoms with Crippen molar-refractivity contribution in [2.75, 3.05) is 32.4 Å². The van der Waals surface area contributed by atoms with E-state index in [1.807, 2.05) is 43.0 Å². The zero-order valence-corrected chi connectivity index (χ0v) is 14.8. The van der Waals surface area contributed by atoms with Crippen molar-refractivity contribution in [2.24, 2.45) is 0 Å². The van der Waals surface area contributed by atoms with Crippen LogP contribution in [0.2, 0.25) is 0 Å². The number of piperazine rings is 1. The third kappa shape index (κ3) is 5.02. The van der Waals surface area contributed by atoms with Crippen LogP contribution in [0.4, 0.5) is 0 Å². The van der Waals surface area contributed by atoms with Gasteiger partial charge in [-0.3, -0.25) is 9.69 Å². The van der Waals surface area contributed by atoms with E-state index in [1.165, 1.54) is 16.1 Å². The van der Waals surface area contributed by atoms with Crippen molar-refractivity contribution in [1.82, 2.24) is 14.5 Å². The van der Waals surface area contributed by atoms with Crippen LogP contribution in [0.3, 0.4) is 0 Å². The van der Waals surface area contributed by atoms with Crippen LogP contribution in [0.25, 0.3) is 0 Å². The summed E-state index contributed by atoms with van der Waals surface area (Å²) in [5.74, 6) is -0.0293. The maximum absolute atomic E-state index is 12.3. The number of amides is 1. The predicted octanol–water partition coefficient (Wildman–Crippen LogP) is 0.577. The van der Waals surface area contributed by atoms with E-state index in [0.29, 0.717) is 32.7 Å². The fourth-order valence-electron chi connectivity index (χ4n) is 2.63. The van der Waals surface area contributed by atoms with Crippen LogP contribution in [-0.4, -0.2) is 62.0 Å². The van der Waals surface area contributed by atoms with E-state index in [9.17, 15) is 13.2 Å². The maximum atomic E-state index is 12.3. The van der Waals surface area contributed by atoms with E-state index in [0.717, 1.165) is 5.56 Å². The van der Waals surface area contributed by atoms with Crippen molar-refractivity contribution in [3.63, 3.8) is 0 Å². The molecule has 0 radical (unpaired) electrons. The first-order valence-corrected chi connectivity index (χ1v) is 9.64. The summed E-state index contributed by atoms with van der Waals surface area (Å²) in [6.07, 6.45) is 1.22. The van der Waals surface area contributed by atoms with Gasteiger partial charge in [0.15, 0.2) is 0 Å². The Bertz CT molecular complexity index is 635. The molecule has 128 valence electrons. The monoisotopic (exact) mass is 339 g/mol. The minimum Gasteiger partial charge on any atom is -0.351 e. The van der Waals surface area contributed by atoms with Gasteiger partial charge in [-0.25, -0.2) is 8.42 Å². The molecule has 23 heavy (non-hydrogen) atoms. The average Bonchev–Trinajstić information content (AvgIpc) is 2.52. The lowest BCUT2D eigenvalue weighted by Crippen LogP contribution is -2.54. The minimum atomic E-state index is -3.14. The second kappa shape index (κ2) is 7.42. The number of sulfonamides is 1. The predicted molar refractivity (Wildman–Crippen MR) is 90.5 cm³/mol. The van der Waals surface area contributed by atoms with Gasteiger partial charge in [-0.05, 0) is 19.4 Å². The molecule has 1 amide bonds. The van der Waals surface area contributed by atoms with Gasteiger partial charge in [0.05, 0.1) is 12.3 Å². The zero-order valence-electron chi connectivity index (χ0n) is 13.9. The minimum absolute atomic E-state index is 0.0293. The number of carbonyl (C=O) groups is 1. The average molecular weight is 339 g/mol. The molecule has 2 rings (SSSR count). The second-order valence-corrected chi connectivity index (χ2v) is 8.06. The molecule has 0 unspecified atom stereocenters. The fourth-order valence-corrected chi connectivity index (χ4v) is 3.46. The quantitative estimate of drug-likeness (QED) is 0.852. The largest absolute Gasteiger partial charge is 0.351 e. The van der Waals surface area contributed by atoms with Crippen molar-refractivity contribution in [1.29, 1.82) is 0 Å². The number of rotatable bonds is 5. The van der Waals surface area contributed by atoms with Gasteiger partial charge in [0, 0.05) is 32.7 Å². The highest BCUT2D eigenvalue weighted by molar-refractivity contribution is 7.88. The Kier molecular flexibility index (Phi) is 5.78. The van der Waals surface area contributed by atoms with Crippen LogP contribution in [0.1, 0.15) is 18.1 Å². The molecule has 7 heteroatoms. The van der Waals surface area contributed by atoms with Crippen LogP contribution in [-0.2, 0) is 21.4 Å². The number of carbonyl (C=O) groups excluding carboxylic acids is 1. The Hall–Kier alpha value is -1.44. The highest BCUT2D eigenvalue weighted by Crippen LogP contribution is 2.10. The third-order valence-electron chi connectivity index (χ3n) is 4.26. The molecule has 6 nitrogen and oxygen atoms in total. The lowest BCUT2D eigenvalue weighted by Gasteiger charge is -2.36. The van der Waals surface area contributed by atoms with Crippen LogP contribution in [0.15, 0.2) is 24.3 Å². The summed E-state index contributed by atoms with van der Waals surface area (Å²) < 4.78 is 24.5. The van der Waals surface area contributed by atoms with E-state index < -0.39 is 10.0 Å². The standard InChI is InChI=1S/C16H25N3O3S/c1-13-4-6-15(7-5-13)12-17-16(20)14(2)18-8-10-19(11-9-18)23(3,21)22/h4-7,14H,8-12H2,1-3H3,(H,17,20)/t14-/m1/s1. The van der Waals surface area contributed by atoms with Gasteiger partial charge in [0.1, 0.15) is 0 Å². The summed E-state index contributed by atoms with van der Waals surface area (Å²) in [6.45, 7) is 6.43. The summed E-state index contributed by atoms with van der Waals surface area (Å²) in [5, 5.41) is 2.94. The molecular formula is C16H25N3O3S. The Morgan fingerprint density at radius 2 is 1.74 bits per heavy atom. The number of hydrogen-bond acceptors (Lipinski definition) is 4. The molecule has 1 fully saturated rings. The van der Waals surface area contributed by atoms with Gasteiger partial charge >= 0.3 is 0 Å². The SMILES string of the molecule is Cc1ccc(CNC(=O)[C@@H](C)N2CCN(S(C)(=O)=O)CC2)cc1. The van der Waals surface area contributed by atoms with Crippen molar-refractivity contribution < 1.29 is 13.2 Å². The molecule has 0 spiro atoms. The van der Waals surface area contributed by atoms with Gasteiger partial charge in [-0.15, -0.1) is 0 Å². The Morgan fingerprint density at radius 1 is 1.17 bits per heavy atom. The number of aryl methyl sites for hydroxylation is 1. The highest BCUT2D eigenvalue weighted by Gasteiger charge is 2.28. The van der Waals surface area contributed by atoms with E-state index in [1.54, 1.807) is 0 Å². The highest BCUT2D eigenvalue weighted by atomic mass is 32.2. The summed E-state index contributed by atoms with van der Waals surface area (Å²) in [5.41, 5.74) is 2.26. The van der Waals surface area contributed by atoms with Gasteiger partial charge in [-0.2, -0.15) is 4.31 Å². The summed E-state index contributed by atoms with van der Waals surface area (Å²) in [6, 6.07) is 7.79. The van der Waals surface area contributed by atoms with Gasteiger partial charge in [-0.1, -0.05) is 29.8 Å². The molecule has 1 aromatic carbocycles. The molecule has 0 bridgehead atoms. The topological polar surface area (TPSA) is 69.7 Å². The molecule has 1 aliphatic heterocycles. The number of nitrogens with one attached hydrogen (secondary N) is 1. The number of nitrogens with zero attached hydrogens (tertiary/aromatic N) is 2. The second-order valence-electron chi connectivity index (χ2n) is 6.08. The van der Waals surface area contributed by atoms with Gasteiger partial charge in [0.2, 0.25) is 15.9 Å². The Balaban J connectivity index is 1.82. The van der Waals surface area contributed by atoms with Crippen molar-refractivity contribution in [3.8, 4) is 0 Å². The molecule has 1 atom stereocenters. The van der Waals surface area contributed by atoms with Crippen LogP contribution in [0, 0.1) is 6.92 Å². The van der Waals surface area contributed by atoms with Crippen LogP contribution >= 0.6 is 0 Å². The molecule has 1 N–H and O–H groups in total. The van der Waals surface area contributed by atoms with Gasteiger partial charge in [0.25, 0.3) is 0 Å². The maximum Gasteiger partial charge on any atom is 0.237 e. The molecule has 0 aliphatic carbocycles. The van der Waals surface area contributed by atoms with Crippen molar-refractivity contribution in [3.05, 3.63) is 35.4 Å². The summed E-state index contributed by atoms with van der Waals surface area (Å²) >= 11 is 0. The first-order valence-electron chi connectivity index (χ1n) is 7.80. The van der Waals surface area contributed by atoms with Crippen LogP contribution < -0.4 is 5.32 Å². The smallest absolute Gasteiger partial charge is 0.237 e. The summed E-state index contributed by atoms with van der Waals surface area (Å²) in [4.78, 5) is 14.3. The van der Waals surface area contributed by atoms with E-state index in [-0.39, 0.29) is 11.9 Å². The van der Waals surface area contributed by atoms with E-state index >= 15 is 0 Å². The molecule has 1 saturated heterocycles. The molecule has 1 aromatic rings. The Morgan fingerprint density at radius 3 is 2.26 bits per heavy atom. The zero-order chi connectivity index (χ0) is 17.0. The van der Waals surface area contributed by atoms with Gasteiger partial charge < -0.3 is 5.32 Å². The fraction of sp³-hybridized carbons (Fsp3) is 0.562. The number of hydrogen-bond donors (Lipinski definition) is 1. The normalized spacial score (nSPS) is 18.6. The molecule has 1 heterocycles. The first kappa shape index (κ1) is 17.9. The molecular weight excluding hydrogens is 314 g/mol. The van der Waals surface area contributed by atoms with E-state index in [2.05, 4.69) is 5.32 Å². The summed E-state index contributed by atoms with van der Waals surface area (Å²) in [7, 11) is -3.14. The molecule has 0 aromatic heterocycles. The van der Waals surface area contributed by atoms with E-state index in [4.69, 9.17) is 0 Å². The first-order chi connectivity index (χ1) is 10.8. The molecule has 1 aliphatic rings. The lowest BCUT2D eigenvalue weighted by atomic mass is 10.1. The molecule has 0 saturated carbocycles. The van der Waals surface area contributed by atoms with Crippen molar-refractivity contribution >= 4 is 15.9 Å². The lowest BCUT2D eigenvalue weighted by molar-refractivity contribution is -0.126. The third-order valence-corrected chi connectivity index (χ3v) is 5.56. The van der Waals surface area contributed by atoms with Crippen LogP contribution in [0.5, 0.6) is 0 Å². The Labute approximate surface area is 138 Å².